The van der Waals surface area contributed by atoms with Crippen molar-refractivity contribution in [2.45, 2.75) is 19.4 Å². The van der Waals surface area contributed by atoms with Gasteiger partial charge < -0.3 is 10.1 Å². The van der Waals surface area contributed by atoms with Gasteiger partial charge in [-0.25, -0.2) is 0 Å². The van der Waals surface area contributed by atoms with Crippen LogP contribution in [0, 0.1) is 27.9 Å². The summed E-state index contributed by atoms with van der Waals surface area (Å²) in [7, 11) is 1.59. The number of methoxy groups -OCH3 is 1. The first kappa shape index (κ1) is 14.1. The third-order valence-electron chi connectivity index (χ3n) is 4.61. The molecule has 0 amide bonds. The largest absolute Gasteiger partial charge is 0.496 e. The summed E-state index contributed by atoms with van der Waals surface area (Å²) < 4.78 is 5.28. The Balaban J connectivity index is 1.60. The van der Waals surface area contributed by atoms with E-state index in [0.29, 0.717) is 18.2 Å². The molecule has 5 nitrogen and oxygen atoms in total. The molecule has 0 aromatic heterocycles. The Morgan fingerprint density at radius 3 is 2.86 bits per heavy atom. The van der Waals surface area contributed by atoms with Crippen LogP contribution in [0.4, 0.5) is 5.69 Å². The van der Waals surface area contributed by atoms with E-state index in [1.807, 2.05) is 0 Å². The van der Waals surface area contributed by atoms with Crippen molar-refractivity contribution < 1.29 is 9.66 Å². The second kappa shape index (κ2) is 5.85. The molecule has 21 heavy (non-hydrogen) atoms. The molecule has 1 aromatic rings. The molecule has 1 N–H and O–H groups in total. The van der Waals surface area contributed by atoms with E-state index >= 15 is 0 Å². The van der Waals surface area contributed by atoms with Gasteiger partial charge in [-0.05, 0) is 43.2 Å². The van der Waals surface area contributed by atoms with Crippen LogP contribution in [0.1, 0.15) is 18.4 Å². The van der Waals surface area contributed by atoms with Crippen LogP contribution in [0.15, 0.2) is 30.4 Å². The molecule has 112 valence electrons. The van der Waals surface area contributed by atoms with E-state index in [2.05, 4.69) is 17.5 Å². The zero-order valence-electron chi connectivity index (χ0n) is 12.1. The lowest BCUT2D eigenvalue weighted by Gasteiger charge is -2.19. The number of non-ortho nitro benzene ring substituents is 1. The Labute approximate surface area is 124 Å². The molecule has 0 radical (unpaired) electrons. The summed E-state index contributed by atoms with van der Waals surface area (Å²) in [5, 5.41) is 14.3. The van der Waals surface area contributed by atoms with Crippen LogP contribution in [0.3, 0.4) is 0 Å². The average Bonchev–Trinajstić information content (AvgIpc) is 3.09. The van der Waals surface area contributed by atoms with Crippen LogP contribution in [-0.4, -0.2) is 18.6 Å². The van der Waals surface area contributed by atoms with E-state index in [9.17, 15) is 10.1 Å². The number of ether oxygens (including phenoxy) is 1. The molecule has 1 aromatic carbocycles. The number of nitrogens with one attached hydrogen (secondary N) is 1. The van der Waals surface area contributed by atoms with Gasteiger partial charge in [0.15, 0.2) is 0 Å². The zero-order chi connectivity index (χ0) is 14.8. The number of nitro groups is 1. The highest BCUT2D eigenvalue weighted by Crippen LogP contribution is 2.43. The van der Waals surface area contributed by atoms with Crippen molar-refractivity contribution in [3.63, 3.8) is 0 Å². The monoisotopic (exact) mass is 288 g/mol. The first-order chi connectivity index (χ1) is 10.2. The van der Waals surface area contributed by atoms with Crippen molar-refractivity contribution in [1.82, 2.24) is 5.32 Å². The zero-order valence-corrected chi connectivity index (χ0v) is 12.1. The summed E-state index contributed by atoms with van der Waals surface area (Å²) in [6, 6.07) is 4.73. The topological polar surface area (TPSA) is 64.4 Å². The van der Waals surface area contributed by atoms with Gasteiger partial charge in [-0.15, -0.1) is 0 Å². The molecular weight excluding hydrogens is 268 g/mol. The Bertz CT molecular complexity index is 571. The first-order valence-corrected chi connectivity index (χ1v) is 7.37. The maximum atomic E-state index is 10.9. The summed E-state index contributed by atoms with van der Waals surface area (Å²) >= 11 is 0. The average molecular weight is 288 g/mol. The minimum absolute atomic E-state index is 0.107. The highest BCUT2D eigenvalue weighted by atomic mass is 16.6. The van der Waals surface area contributed by atoms with Crippen molar-refractivity contribution in [1.29, 1.82) is 0 Å². The van der Waals surface area contributed by atoms with Crippen LogP contribution < -0.4 is 10.1 Å². The molecule has 1 fully saturated rings. The minimum atomic E-state index is -0.371. The Hall–Kier alpha value is -1.88. The molecule has 0 saturated heterocycles. The van der Waals surface area contributed by atoms with Gasteiger partial charge >= 0.3 is 0 Å². The molecule has 1 saturated carbocycles. The summed E-state index contributed by atoms with van der Waals surface area (Å²) in [5.41, 5.74) is 0.945. The SMILES string of the molecule is COc1ccc([N+](=O)[O-])cc1CNCC1CC2C=CC1C2. The van der Waals surface area contributed by atoms with Crippen molar-refractivity contribution in [3.05, 3.63) is 46.0 Å². The van der Waals surface area contributed by atoms with Crippen LogP contribution >= 0.6 is 0 Å². The fourth-order valence-corrected chi connectivity index (χ4v) is 3.54. The number of benzene rings is 1. The quantitative estimate of drug-likeness (QED) is 0.496. The number of nitrogens with zero attached hydrogens (tertiary/aromatic N) is 1. The fourth-order valence-electron chi connectivity index (χ4n) is 3.54. The van der Waals surface area contributed by atoms with Crippen molar-refractivity contribution in [3.8, 4) is 5.75 Å². The number of hydrogen-bond acceptors (Lipinski definition) is 4. The van der Waals surface area contributed by atoms with E-state index in [4.69, 9.17) is 4.74 Å². The molecule has 0 aliphatic heterocycles. The number of nitro benzene ring substituents is 1. The smallest absolute Gasteiger partial charge is 0.270 e. The van der Waals surface area contributed by atoms with E-state index < -0.39 is 0 Å². The number of rotatable bonds is 6. The molecule has 3 rings (SSSR count). The standard InChI is InChI=1S/C16H20N2O3/c1-21-16-5-4-15(18(19)20)8-14(16)10-17-9-13-7-11-2-3-12(13)6-11/h2-5,8,11-13,17H,6-7,9-10H2,1H3. The second-order valence-corrected chi connectivity index (χ2v) is 5.92. The molecule has 3 atom stereocenters. The van der Waals surface area contributed by atoms with Crippen LogP contribution in [0.25, 0.3) is 0 Å². The number of hydrogen-bond donors (Lipinski definition) is 1. The van der Waals surface area contributed by atoms with Gasteiger partial charge in [0, 0.05) is 24.2 Å². The van der Waals surface area contributed by atoms with Gasteiger partial charge in [-0.3, -0.25) is 10.1 Å². The minimum Gasteiger partial charge on any atom is -0.496 e. The third kappa shape index (κ3) is 2.93. The number of fused-ring (bicyclic) bond motifs is 2. The third-order valence-corrected chi connectivity index (χ3v) is 4.61. The highest BCUT2D eigenvalue weighted by molar-refractivity contribution is 5.43. The molecule has 3 unspecified atom stereocenters. The lowest BCUT2D eigenvalue weighted by Crippen LogP contribution is -2.25. The van der Waals surface area contributed by atoms with Crippen molar-refractivity contribution >= 4 is 5.69 Å². The lowest BCUT2D eigenvalue weighted by molar-refractivity contribution is -0.384. The Morgan fingerprint density at radius 1 is 1.38 bits per heavy atom. The molecule has 0 heterocycles. The summed E-state index contributed by atoms with van der Waals surface area (Å²) in [4.78, 5) is 10.5. The first-order valence-electron chi connectivity index (χ1n) is 7.37. The van der Waals surface area contributed by atoms with Gasteiger partial charge in [-0.2, -0.15) is 0 Å². The highest BCUT2D eigenvalue weighted by Gasteiger charge is 2.34. The van der Waals surface area contributed by atoms with Gasteiger partial charge in [0.2, 0.25) is 0 Å². The predicted molar refractivity (Wildman–Crippen MR) is 80.2 cm³/mol. The van der Waals surface area contributed by atoms with E-state index in [1.54, 1.807) is 19.2 Å². The van der Waals surface area contributed by atoms with Gasteiger partial charge in [0.1, 0.15) is 5.75 Å². The molecule has 2 aliphatic rings. The summed E-state index contributed by atoms with van der Waals surface area (Å²) in [6.45, 7) is 1.56. The van der Waals surface area contributed by atoms with Crippen LogP contribution in [-0.2, 0) is 6.54 Å². The molecule has 2 aliphatic carbocycles. The van der Waals surface area contributed by atoms with Crippen molar-refractivity contribution in [2.75, 3.05) is 13.7 Å². The summed E-state index contributed by atoms with van der Waals surface area (Å²) in [5.74, 6) is 2.88. The molecular formula is C16H20N2O3. The van der Waals surface area contributed by atoms with Gasteiger partial charge in [0.05, 0.1) is 12.0 Å². The van der Waals surface area contributed by atoms with E-state index in [0.717, 1.165) is 23.9 Å². The van der Waals surface area contributed by atoms with Gasteiger partial charge in [0.25, 0.3) is 5.69 Å². The Kier molecular flexibility index (Phi) is 3.92. The van der Waals surface area contributed by atoms with Gasteiger partial charge in [-0.1, -0.05) is 12.2 Å². The maximum Gasteiger partial charge on any atom is 0.270 e. The van der Waals surface area contributed by atoms with Crippen LogP contribution in [0.5, 0.6) is 5.75 Å². The summed E-state index contributed by atoms with van der Waals surface area (Å²) in [6.07, 6.45) is 7.24. The van der Waals surface area contributed by atoms with E-state index in [1.165, 1.54) is 18.9 Å². The fraction of sp³-hybridized carbons (Fsp3) is 0.500. The maximum absolute atomic E-state index is 10.9. The number of allylic oxidation sites excluding steroid dienone is 2. The van der Waals surface area contributed by atoms with Crippen molar-refractivity contribution in [2.24, 2.45) is 17.8 Å². The van der Waals surface area contributed by atoms with E-state index in [-0.39, 0.29) is 10.6 Å². The Morgan fingerprint density at radius 2 is 2.24 bits per heavy atom. The molecule has 0 spiro atoms. The molecule has 2 bridgehead atoms. The lowest BCUT2D eigenvalue weighted by atomic mass is 9.93. The predicted octanol–water partition coefficient (Wildman–Crippen LogP) is 2.91. The second-order valence-electron chi connectivity index (χ2n) is 5.92. The van der Waals surface area contributed by atoms with Crippen LogP contribution in [0.2, 0.25) is 0 Å². The molecule has 5 heteroatoms. The normalized spacial score (nSPS) is 26.2.